The first-order chi connectivity index (χ1) is 21.3. The molecule has 0 atom stereocenters. The summed E-state index contributed by atoms with van der Waals surface area (Å²) in [6, 6.07) is 44.7. The molecule has 9 rings (SSSR count). The first-order valence-electron chi connectivity index (χ1n) is 14.0. The SMILES string of the molecule is [C-]#[N+]c1cccc2c1sc1c(C#N)c3c(cc12)c1ccccc1n3-c1cccc(-n2c3ccccc3c3ccccc32)c1. The van der Waals surface area contributed by atoms with Crippen LogP contribution in [0, 0.1) is 17.9 Å². The zero-order valence-corrected chi connectivity index (χ0v) is 23.6. The molecule has 5 heteroatoms. The number of para-hydroxylation sites is 3. The minimum absolute atomic E-state index is 0.624. The van der Waals surface area contributed by atoms with E-state index < -0.39 is 0 Å². The van der Waals surface area contributed by atoms with Crippen molar-refractivity contribution in [1.29, 1.82) is 5.26 Å². The van der Waals surface area contributed by atoms with Crippen LogP contribution >= 0.6 is 11.3 Å². The Bertz CT molecular complexity index is 2650. The van der Waals surface area contributed by atoms with Crippen molar-refractivity contribution in [2.24, 2.45) is 0 Å². The standard InChI is InChI=1S/C38H20N4S/c1-40-32-16-9-15-28-30-21-29-27-14-4-7-19-35(27)42(36(29)31(22-39)37(30)43-38(28)32)24-11-8-10-23(20-24)41-33-17-5-2-12-25(33)26-13-3-6-18-34(26)41/h2-21H. The molecule has 0 amide bonds. The maximum atomic E-state index is 10.7. The van der Waals surface area contributed by atoms with Gasteiger partial charge in [-0.05, 0) is 47.9 Å². The van der Waals surface area contributed by atoms with Crippen molar-refractivity contribution in [2.75, 3.05) is 0 Å². The molecule has 0 aliphatic rings. The van der Waals surface area contributed by atoms with E-state index in [-0.39, 0.29) is 0 Å². The van der Waals surface area contributed by atoms with Crippen molar-refractivity contribution in [3.05, 3.63) is 138 Å². The minimum Gasteiger partial charge on any atom is -0.309 e. The van der Waals surface area contributed by atoms with E-state index in [0.717, 1.165) is 64.4 Å². The highest BCUT2D eigenvalue weighted by molar-refractivity contribution is 7.26. The third-order valence-corrected chi connectivity index (χ3v) is 9.82. The molecule has 0 N–H and O–H groups in total. The van der Waals surface area contributed by atoms with E-state index in [1.54, 1.807) is 11.3 Å². The second-order valence-electron chi connectivity index (χ2n) is 10.7. The average Bonchev–Trinajstić information content (AvgIpc) is 3.71. The Hall–Kier alpha value is -5.88. The summed E-state index contributed by atoms with van der Waals surface area (Å²) >= 11 is 1.54. The fraction of sp³-hybridized carbons (Fsp3) is 0. The summed E-state index contributed by atoms with van der Waals surface area (Å²) in [5.41, 5.74) is 7.57. The molecule has 0 bridgehead atoms. The Balaban J connectivity index is 1.40. The molecule has 0 aliphatic carbocycles. The van der Waals surface area contributed by atoms with Crippen LogP contribution in [0.25, 0.3) is 80.0 Å². The number of thiophene rings is 1. The smallest absolute Gasteiger partial charge is 0.204 e. The van der Waals surface area contributed by atoms with Gasteiger partial charge in [-0.25, -0.2) is 4.85 Å². The van der Waals surface area contributed by atoms with Crippen molar-refractivity contribution < 1.29 is 0 Å². The fourth-order valence-electron chi connectivity index (χ4n) is 6.79. The number of hydrogen-bond donors (Lipinski definition) is 0. The van der Waals surface area contributed by atoms with Gasteiger partial charge in [0.25, 0.3) is 0 Å². The molecule has 43 heavy (non-hydrogen) atoms. The lowest BCUT2D eigenvalue weighted by Gasteiger charge is -2.13. The number of aromatic nitrogens is 2. The molecule has 9 aromatic rings. The fourth-order valence-corrected chi connectivity index (χ4v) is 8.03. The van der Waals surface area contributed by atoms with Crippen LogP contribution in [0.1, 0.15) is 5.56 Å². The van der Waals surface area contributed by atoms with Gasteiger partial charge in [-0.3, -0.25) is 0 Å². The van der Waals surface area contributed by atoms with E-state index in [1.165, 1.54) is 10.8 Å². The summed E-state index contributed by atoms with van der Waals surface area (Å²) in [5.74, 6) is 0. The van der Waals surface area contributed by atoms with Gasteiger partial charge in [0.15, 0.2) is 0 Å². The van der Waals surface area contributed by atoms with Crippen molar-refractivity contribution in [1.82, 2.24) is 9.13 Å². The maximum Gasteiger partial charge on any atom is 0.204 e. The number of benzene rings is 6. The topological polar surface area (TPSA) is 38.0 Å². The highest BCUT2D eigenvalue weighted by Crippen LogP contribution is 2.46. The summed E-state index contributed by atoms with van der Waals surface area (Å²) < 4.78 is 6.41. The van der Waals surface area contributed by atoms with E-state index in [4.69, 9.17) is 6.57 Å². The molecule has 0 fully saturated rings. The predicted molar refractivity (Wildman–Crippen MR) is 179 cm³/mol. The molecular weight excluding hydrogens is 545 g/mol. The molecule has 198 valence electrons. The van der Waals surface area contributed by atoms with E-state index in [9.17, 15) is 5.26 Å². The Labute approximate surface area is 250 Å². The average molecular weight is 565 g/mol. The second kappa shape index (κ2) is 8.81. The molecule has 3 heterocycles. The quantitative estimate of drug-likeness (QED) is 0.192. The van der Waals surface area contributed by atoms with E-state index in [0.29, 0.717) is 11.3 Å². The molecular formula is C38H20N4S. The van der Waals surface area contributed by atoms with Crippen LogP contribution in [-0.2, 0) is 0 Å². The third kappa shape index (κ3) is 3.17. The number of fused-ring (bicyclic) bond motifs is 9. The zero-order chi connectivity index (χ0) is 28.7. The van der Waals surface area contributed by atoms with Gasteiger partial charge in [0.1, 0.15) is 6.07 Å². The number of nitriles is 1. The van der Waals surface area contributed by atoms with Crippen molar-refractivity contribution >= 4 is 80.8 Å². The Kier molecular flexibility index (Phi) is 4.87. The van der Waals surface area contributed by atoms with E-state index >= 15 is 0 Å². The molecule has 4 nitrogen and oxygen atoms in total. The van der Waals surface area contributed by atoms with Gasteiger partial charge in [-0.2, -0.15) is 5.26 Å². The van der Waals surface area contributed by atoms with Crippen LogP contribution in [0.4, 0.5) is 5.69 Å². The van der Waals surface area contributed by atoms with Crippen molar-refractivity contribution in [2.45, 2.75) is 0 Å². The van der Waals surface area contributed by atoms with Crippen LogP contribution in [0.2, 0.25) is 0 Å². The summed E-state index contributed by atoms with van der Waals surface area (Å²) in [7, 11) is 0. The summed E-state index contributed by atoms with van der Waals surface area (Å²) in [6.45, 7) is 7.71. The second-order valence-corrected chi connectivity index (χ2v) is 11.8. The molecule has 0 aliphatic heterocycles. The van der Waals surface area contributed by atoms with Gasteiger partial charge in [-0.15, -0.1) is 11.3 Å². The van der Waals surface area contributed by atoms with Crippen LogP contribution in [0.15, 0.2) is 121 Å². The summed E-state index contributed by atoms with van der Waals surface area (Å²) in [4.78, 5) is 3.77. The van der Waals surface area contributed by atoms with E-state index in [2.05, 4.69) is 129 Å². The van der Waals surface area contributed by atoms with Gasteiger partial charge in [0, 0.05) is 43.0 Å². The Morgan fingerprint density at radius 3 is 1.77 bits per heavy atom. The normalized spacial score (nSPS) is 11.7. The van der Waals surface area contributed by atoms with Crippen molar-refractivity contribution in [3.63, 3.8) is 0 Å². The van der Waals surface area contributed by atoms with Gasteiger partial charge in [-0.1, -0.05) is 78.9 Å². The first-order valence-corrected chi connectivity index (χ1v) is 14.9. The van der Waals surface area contributed by atoms with Crippen LogP contribution < -0.4 is 0 Å². The monoisotopic (exact) mass is 564 g/mol. The summed E-state index contributed by atoms with van der Waals surface area (Å²) in [5, 5.41) is 17.3. The highest BCUT2D eigenvalue weighted by Gasteiger charge is 2.22. The lowest BCUT2D eigenvalue weighted by Crippen LogP contribution is -1.99. The summed E-state index contributed by atoms with van der Waals surface area (Å²) in [6.07, 6.45) is 0. The van der Waals surface area contributed by atoms with Gasteiger partial charge < -0.3 is 9.13 Å². The molecule has 3 aromatic heterocycles. The number of hydrogen-bond acceptors (Lipinski definition) is 2. The molecule has 0 radical (unpaired) electrons. The number of nitrogens with zero attached hydrogens (tertiary/aromatic N) is 4. The zero-order valence-electron chi connectivity index (χ0n) is 22.7. The van der Waals surface area contributed by atoms with Crippen LogP contribution in [0.3, 0.4) is 0 Å². The molecule has 0 saturated heterocycles. The van der Waals surface area contributed by atoms with Gasteiger partial charge in [0.05, 0.1) is 38.9 Å². The lowest BCUT2D eigenvalue weighted by atomic mass is 10.0. The first kappa shape index (κ1) is 23.8. The lowest BCUT2D eigenvalue weighted by molar-refractivity contribution is 1.13. The van der Waals surface area contributed by atoms with Crippen LogP contribution in [0.5, 0.6) is 0 Å². The largest absolute Gasteiger partial charge is 0.309 e. The predicted octanol–water partition coefficient (Wildman–Crippen LogP) is 10.7. The molecule has 0 unspecified atom stereocenters. The molecule has 0 spiro atoms. The Morgan fingerprint density at radius 2 is 1.12 bits per heavy atom. The molecule has 0 saturated carbocycles. The molecule has 6 aromatic carbocycles. The number of rotatable bonds is 2. The van der Waals surface area contributed by atoms with Gasteiger partial charge >= 0.3 is 0 Å². The highest BCUT2D eigenvalue weighted by atomic mass is 32.1. The van der Waals surface area contributed by atoms with Crippen molar-refractivity contribution in [3.8, 4) is 17.4 Å². The Morgan fingerprint density at radius 1 is 0.558 bits per heavy atom. The van der Waals surface area contributed by atoms with E-state index in [1.807, 2.05) is 12.1 Å². The van der Waals surface area contributed by atoms with Crippen LogP contribution in [-0.4, -0.2) is 9.13 Å². The van der Waals surface area contributed by atoms with Gasteiger partial charge in [0.2, 0.25) is 5.69 Å². The third-order valence-electron chi connectivity index (χ3n) is 8.56. The minimum atomic E-state index is 0.624. The maximum absolute atomic E-state index is 10.7.